The molecule has 1 aromatic heterocycles. The Balaban J connectivity index is 2.22. The van der Waals surface area contributed by atoms with Crippen LogP contribution in [0.25, 0.3) is 0 Å². The first-order chi connectivity index (χ1) is 9.00. The molecule has 1 heterocycles. The summed E-state index contributed by atoms with van der Waals surface area (Å²) in [6, 6.07) is 8.31. The Morgan fingerprint density at radius 3 is 2.47 bits per heavy atom. The summed E-state index contributed by atoms with van der Waals surface area (Å²) in [7, 11) is -2.14. The summed E-state index contributed by atoms with van der Waals surface area (Å²) in [6.45, 7) is 0.216. The van der Waals surface area contributed by atoms with Crippen molar-refractivity contribution in [1.29, 1.82) is 0 Å². The van der Waals surface area contributed by atoms with Gasteiger partial charge in [-0.2, -0.15) is 4.31 Å². The predicted molar refractivity (Wildman–Crippen MR) is 69.3 cm³/mol. The first-order valence-electron chi connectivity index (χ1n) is 5.61. The maximum Gasteiger partial charge on any atom is 0.243 e. The molecule has 0 saturated heterocycles. The second-order valence-corrected chi connectivity index (χ2v) is 6.12. The molecular formula is C13H13FN2O2S. The molecule has 0 amide bonds. The van der Waals surface area contributed by atoms with Crippen LogP contribution in [0.5, 0.6) is 0 Å². The number of halogens is 1. The van der Waals surface area contributed by atoms with Gasteiger partial charge in [0.15, 0.2) is 0 Å². The molecule has 0 spiro atoms. The lowest BCUT2D eigenvalue weighted by Gasteiger charge is -2.17. The van der Waals surface area contributed by atoms with Gasteiger partial charge in [-0.25, -0.2) is 12.8 Å². The van der Waals surface area contributed by atoms with Gasteiger partial charge in [0.2, 0.25) is 10.0 Å². The van der Waals surface area contributed by atoms with Crippen molar-refractivity contribution in [2.75, 3.05) is 7.05 Å². The van der Waals surface area contributed by atoms with Crippen molar-refractivity contribution in [2.45, 2.75) is 11.4 Å². The lowest BCUT2D eigenvalue weighted by atomic mass is 10.3. The van der Waals surface area contributed by atoms with E-state index in [-0.39, 0.29) is 11.4 Å². The molecule has 0 aliphatic carbocycles. The third-order valence-electron chi connectivity index (χ3n) is 2.65. The van der Waals surface area contributed by atoms with Gasteiger partial charge in [-0.15, -0.1) is 0 Å². The van der Waals surface area contributed by atoms with E-state index >= 15 is 0 Å². The van der Waals surface area contributed by atoms with Crippen LogP contribution in [0.4, 0.5) is 4.39 Å². The maximum absolute atomic E-state index is 12.8. The van der Waals surface area contributed by atoms with Crippen LogP contribution in [0.1, 0.15) is 5.56 Å². The fraction of sp³-hybridized carbons (Fsp3) is 0.154. The Bertz CT molecular complexity index is 642. The lowest BCUT2D eigenvalue weighted by molar-refractivity contribution is 0.466. The SMILES string of the molecule is CN(Cc1cccnc1)S(=O)(=O)c1ccc(F)cc1. The van der Waals surface area contributed by atoms with Crippen molar-refractivity contribution in [1.82, 2.24) is 9.29 Å². The number of benzene rings is 1. The van der Waals surface area contributed by atoms with E-state index in [1.807, 2.05) is 0 Å². The largest absolute Gasteiger partial charge is 0.264 e. The zero-order valence-electron chi connectivity index (χ0n) is 10.3. The van der Waals surface area contributed by atoms with Crippen LogP contribution < -0.4 is 0 Å². The van der Waals surface area contributed by atoms with Gasteiger partial charge in [-0.05, 0) is 35.9 Å². The summed E-state index contributed by atoms with van der Waals surface area (Å²) in [5.41, 5.74) is 0.788. The van der Waals surface area contributed by atoms with Gasteiger partial charge in [0.05, 0.1) is 4.90 Å². The number of hydrogen-bond acceptors (Lipinski definition) is 3. The van der Waals surface area contributed by atoms with Crippen molar-refractivity contribution >= 4 is 10.0 Å². The second-order valence-electron chi connectivity index (χ2n) is 4.08. The Morgan fingerprint density at radius 1 is 1.21 bits per heavy atom. The molecule has 100 valence electrons. The molecule has 0 aliphatic heterocycles. The summed E-state index contributed by atoms with van der Waals surface area (Å²) in [4.78, 5) is 4.00. The third-order valence-corrected chi connectivity index (χ3v) is 4.47. The van der Waals surface area contributed by atoms with E-state index in [1.54, 1.807) is 24.5 Å². The van der Waals surface area contributed by atoms with Gasteiger partial charge in [-0.3, -0.25) is 4.98 Å². The van der Waals surface area contributed by atoms with Crippen LogP contribution in [0.3, 0.4) is 0 Å². The molecule has 1 aromatic carbocycles. The topological polar surface area (TPSA) is 50.3 Å². The smallest absolute Gasteiger partial charge is 0.243 e. The summed E-state index contributed by atoms with van der Waals surface area (Å²) in [5, 5.41) is 0. The second kappa shape index (κ2) is 5.46. The molecule has 0 unspecified atom stereocenters. The quantitative estimate of drug-likeness (QED) is 0.861. The Labute approximate surface area is 111 Å². The molecule has 19 heavy (non-hydrogen) atoms. The van der Waals surface area contributed by atoms with Crippen LogP contribution in [0, 0.1) is 5.82 Å². The molecule has 4 nitrogen and oxygen atoms in total. The minimum atomic E-state index is -3.62. The average Bonchev–Trinajstić information content (AvgIpc) is 2.40. The maximum atomic E-state index is 12.8. The van der Waals surface area contributed by atoms with Gasteiger partial charge in [-0.1, -0.05) is 6.07 Å². The summed E-state index contributed by atoms with van der Waals surface area (Å²) < 4.78 is 38.5. The predicted octanol–water partition coefficient (Wildman–Crippen LogP) is 2.04. The van der Waals surface area contributed by atoms with Crippen molar-refractivity contribution in [3.8, 4) is 0 Å². The van der Waals surface area contributed by atoms with Crippen molar-refractivity contribution < 1.29 is 12.8 Å². The number of aromatic nitrogens is 1. The van der Waals surface area contributed by atoms with Gasteiger partial charge in [0.1, 0.15) is 5.82 Å². The minimum Gasteiger partial charge on any atom is -0.264 e. The highest BCUT2D eigenvalue weighted by Gasteiger charge is 2.20. The normalized spacial score (nSPS) is 11.7. The van der Waals surface area contributed by atoms with Crippen LogP contribution in [-0.4, -0.2) is 24.8 Å². The number of hydrogen-bond donors (Lipinski definition) is 0. The van der Waals surface area contributed by atoms with E-state index in [0.29, 0.717) is 0 Å². The fourth-order valence-corrected chi connectivity index (χ4v) is 2.78. The molecule has 0 N–H and O–H groups in total. The third kappa shape index (κ3) is 3.15. The Hall–Kier alpha value is -1.79. The summed E-state index contributed by atoms with van der Waals surface area (Å²) >= 11 is 0. The molecule has 0 radical (unpaired) electrons. The van der Waals surface area contributed by atoms with Crippen molar-refractivity contribution in [2.24, 2.45) is 0 Å². The van der Waals surface area contributed by atoms with Crippen LogP contribution >= 0.6 is 0 Å². The zero-order valence-corrected chi connectivity index (χ0v) is 11.1. The van der Waals surface area contributed by atoms with Crippen LogP contribution in [0.2, 0.25) is 0 Å². The van der Waals surface area contributed by atoms with E-state index in [0.717, 1.165) is 17.7 Å². The van der Waals surface area contributed by atoms with Crippen LogP contribution in [0.15, 0.2) is 53.7 Å². The Morgan fingerprint density at radius 2 is 1.89 bits per heavy atom. The number of sulfonamides is 1. The first kappa shape index (κ1) is 13.6. The lowest BCUT2D eigenvalue weighted by Crippen LogP contribution is -2.26. The van der Waals surface area contributed by atoms with E-state index in [9.17, 15) is 12.8 Å². The highest BCUT2D eigenvalue weighted by Crippen LogP contribution is 2.16. The monoisotopic (exact) mass is 280 g/mol. The van der Waals surface area contributed by atoms with E-state index < -0.39 is 15.8 Å². The number of rotatable bonds is 4. The zero-order chi connectivity index (χ0) is 13.9. The number of nitrogens with zero attached hydrogens (tertiary/aromatic N) is 2. The standard InChI is InChI=1S/C13H13FN2O2S/c1-16(10-11-3-2-8-15-9-11)19(17,18)13-6-4-12(14)5-7-13/h2-9H,10H2,1H3. The van der Waals surface area contributed by atoms with Gasteiger partial charge in [0, 0.05) is 26.0 Å². The van der Waals surface area contributed by atoms with Crippen molar-refractivity contribution in [3.63, 3.8) is 0 Å². The van der Waals surface area contributed by atoms with E-state index in [2.05, 4.69) is 4.98 Å². The summed E-state index contributed by atoms with van der Waals surface area (Å²) in [5.74, 6) is -0.464. The molecule has 2 rings (SSSR count). The molecule has 0 bridgehead atoms. The number of pyridine rings is 1. The van der Waals surface area contributed by atoms with Crippen LogP contribution in [-0.2, 0) is 16.6 Å². The molecule has 0 aliphatic rings. The average molecular weight is 280 g/mol. The van der Waals surface area contributed by atoms with Gasteiger partial charge >= 0.3 is 0 Å². The fourth-order valence-electron chi connectivity index (χ4n) is 1.62. The highest BCUT2D eigenvalue weighted by molar-refractivity contribution is 7.89. The van der Waals surface area contributed by atoms with Gasteiger partial charge in [0.25, 0.3) is 0 Å². The molecule has 2 aromatic rings. The molecule has 0 atom stereocenters. The molecule has 0 saturated carbocycles. The molecule has 6 heteroatoms. The summed E-state index contributed by atoms with van der Waals surface area (Å²) in [6.07, 6.45) is 3.23. The highest BCUT2D eigenvalue weighted by atomic mass is 32.2. The Kier molecular flexibility index (Phi) is 3.92. The van der Waals surface area contributed by atoms with E-state index in [1.165, 1.54) is 23.5 Å². The molecule has 0 fully saturated rings. The van der Waals surface area contributed by atoms with Gasteiger partial charge < -0.3 is 0 Å². The van der Waals surface area contributed by atoms with Crippen molar-refractivity contribution in [3.05, 3.63) is 60.2 Å². The molecular weight excluding hydrogens is 267 g/mol. The minimum absolute atomic E-state index is 0.0697. The first-order valence-corrected chi connectivity index (χ1v) is 7.05. The van der Waals surface area contributed by atoms with E-state index in [4.69, 9.17) is 0 Å².